The zero-order valence-electron chi connectivity index (χ0n) is 19.4. The van der Waals surface area contributed by atoms with Gasteiger partial charge in [0.15, 0.2) is 5.11 Å². The Morgan fingerprint density at radius 2 is 2.00 bits per heavy atom. The van der Waals surface area contributed by atoms with Gasteiger partial charge in [-0.25, -0.2) is 0 Å². The second-order valence-electron chi connectivity index (χ2n) is 8.58. The Morgan fingerprint density at radius 3 is 2.76 bits per heavy atom. The fourth-order valence-corrected chi connectivity index (χ4v) is 4.53. The first kappa shape index (κ1) is 23.3. The van der Waals surface area contributed by atoms with Crippen molar-refractivity contribution in [3.63, 3.8) is 0 Å². The van der Waals surface area contributed by atoms with E-state index in [2.05, 4.69) is 39.2 Å². The lowest BCUT2D eigenvalue weighted by atomic mass is 10.1. The number of rotatable bonds is 8. The molecular weight excluding hydrogens is 432 g/mol. The molecular formula is C26H32N4O2S. The molecule has 0 unspecified atom stereocenters. The number of aryl methyl sites for hydroxylation is 1. The number of likely N-dealkylation sites (tertiary alicyclic amines) is 1. The van der Waals surface area contributed by atoms with Gasteiger partial charge >= 0.3 is 0 Å². The summed E-state index contributed by atoms with van der Waals surface area (Å²) >= 11 is 5.80. The average molecular weight is 465 g/mol. The van der Waals surface area contributed by atoms with E-state index in [1.165, 1.54) is 18.4 Å². The lowest BCUT2D eigenvalue weighted by Crippen LogP contribution is -2.40. The number of fused-ring (bicyclic) bond motifs is 1. The van der Waals surface area contributed by atoms with Crippen LogP contribution in [-0.2, 0) is 6.54 Å². The highest BCUT2D eigenvalue weighted by molar-refractivity contribution is 7.80. The molecule has 1 saturated heterocycles. The molecule has 0 radical (unpaired) electrons. The van der Waals surface area contributed by atoms with E-state index in [0.29, 0.717) is 23.8 Å². The lowest BCUT2D eigenvalue weighted by molar-refractivity contribution is 0.289. The molecule has 4 rings (SSSR count). The third-order valence-electron chi connectivity index (χ3n) is 6.01. The molecule has 2 heterocycles. The Balaban J connectivity index is 1.57. The number of aromatic amines is 1. The number of nitrogens with zero attached hydrogens (tertiary/aromatic N) is 2. The number of pyridine rings is 1. The van der Waals surface area contributed by atoms with E-state index < -0.39 is 0 Å². The number of benzene rings is 2. The minimum Gasteiger partial charge on any atom is -0.494 e. The fourth-order valence-electron chi connectivity index (χ4n) is 4.26. The molecule has 33 heavy (non-hydrogen) atoms. The second-order valence-corrected chi connectivity index (χ2v) is 8.96. The van der Waals surface area contributed by atoms with Crippen LogP contribution in [0.2, 0.25) is 0 Å². The average Bonchev–Trinajstić information content (AvgIpc) is 3.31. The molecule has 1 aromatic heterocycles. The Morgan fingerprint density at radius 1 is 1.18 bits per heavy atom. The van der Waals surface area contributed by atoms with Gasteiger partial charge in [0.25, 0.3) is 5.56 Å². The number of aromatic nitrogens is 1. The molecule has 0 aliphatic carbocycles. The molecule has 3 aromatic rings. The molecule has 0 amide bonds. The first-order chi connectivity index (χ1) is 16.0. The monoisotopic (exact) mass is 464 g/mol. The summed E-state index contributed by atoms with van der Waals surface area (Å²) in [6.45, 7) is 9.00. The summed E-state index contributed by atoms with van der Waals surface area (Å²) in [5.41, 5.74) is 3.53. The van der Waals surface area contributed by atoms with Crippen LogP contribution >= 0.6 is 12.2 Å². The molecule has 1 fully saturated rings. The van der Waals surface area contributed by atoms with Gasteiger partial charge in [-0.05, 0) is 94.0 Å². The van der Waals surface area contributed by atoms with Crippen molar-refractivity contribution in [3.8, 4) is 5.75 Å². The zero-order valence-corrected chi connectivity index (χ0v) is 20.2. The van der Waals surface area contributed by atoms with Gasteiger partial charge in [-0.1, -0.05) is 12.1 Å². The van der Waals surface area contributed by atoms with E-state index in [0.717, 1.165) is 48.5 Å². The summed E-state index contributed by atoms with van der Waals surface area (Å²) in [4.78, 5) is 20.4. The van der Waals surface area contributed by atoms with Crippen molar-refractivity contribution in [2.45, 2.75) is 33.2 Å². The fraction of sp³-hybridized carbons (Fsp3) is 0.385. The Hall–Kier alpha value is -2.90. The van der Waals surface area contributed by atoms with Gasteiger partial charge in [0.1, 0.15) is 5.75 Å². The maximum Gasteiger partial charge on any atom is 0.253 e. The van der Waals surface area contributed by atoms with Crippen LogP contribution < -0.4 is 15.6 Å². The lowest BCUT2D eigenvalue weighted by Gasteiger charge is -2.28. The molecule has 0 atom stereocenters. The van der Waals surface area contributed by atoms with Crippen LogP contribution in [0.1, 0.15) is 30.9 Å². The summed E-state index contributed by atoms with van der Waals surface area (Å²) in [6.07, 6.45) is 2.50. The number of anilines is 1. The van der Waals surface area contributed by atoms with Crippen molar-refractivity contribution in [2.24, 2.45) is 0 Å². The molecule has 1 aliphatic rings. The number of H-pyrrole nitrogens is 1. The minimum atomic E-state index is -0.0869. The van der Waals surface area contributed by atoms with E-state index >= 15 is 0 Å². The summed E-state index contributed by atoms with van der Waals surface area (Å²) < 4.78 is 5.64. The van der Waals surface area contributed by atoms with E-state index in [9.17, 15) is 4.79 Å². The highest BCUT2D eigenvalue weighted by Crippen LogP contribution is 2.20. The van der Waals surface area contributed by atoms with E-state index in [-0.39, 0.29) is 5.56 Å². The van der Waals surface area contributed by atoms with Crippen LogP contribution in [0.15, 0.2) is 53.3 Å². The maximum absolute atomic E-state index is 12.9. The van der Waals surface area contributed by atoms with Gasteiger partial charge in [0.2, 0.25) is 0 Å². The van der Waals surface area contributed by atoms with Gasteiger partial charge in [0, 0.05) is 35.2 Å². The summed E-state index contributed by atoms with van der Waals surface area (Å²) in [7, 11) is 0. The quantitative estimate of drug-likeness (QED) is 0.478. The zero-order chi connectivity index (χ0) is 23.2. The summed E-state index contributed by atoms with van der Waals surface area (Å²) in [5, 5.41) is 4.95. The number of nitrogens with one attached hydrogen (secondary N) is 2. The standard InChI is InChI=1S/C26H32N4O2S/c1-3-32-23-9-10-24-20(17-23)16-21(25(31)28-24)18-30(14-13-29-11-4-5-12-29)26(33)27-22-8-6-7-19(2)15-22/h6-10,15-17H,3-5,11-14,18H2,1-2H3,(H,27,33)(H,28,31). The van der Waals surface area contributed by atoms with Crippen LogP contribution in [-0.4, -0.2) is 52.7 Å². The van der Waals surface area contributed by atoms with Gasteiger partial charge in [0.05, 0.1) is 13.2 Å². The Kier molecular flexibility index (Phi) is 7.62. The summed E-state index contributed by atoms with van der Waals surface area (Å²) in [5.74, 6) is 0.797. The van der Waals surface area contributed by atoms with Gasteiger partial charge in [-0.3, -0.25) is 4.79 Å². The maximum atomic E-state index is 12.9. The number of hydrogen-bond acceptors (Lipinski definition) is 4. The van der Waals surface area contributed by atoms with Crippen molar-refractivity contribution in [1.82, 2.24) is 14.8 Å². The molecule has 7 heteroatoms. The van der Waals surface area contributed by atoms with Crippen molar-refractivity contribution in [3.05, 3.63) is 70.0 Å². The number of thiocarbonyl (C=S) groups is 1. The third kappa shape index (κ3) is 6.12. The van der Waals surface area contributed by atoms with Crippen LogP contribution in [0.5, 0.6) is 5.75 Å². The van der Waals surface area contributed by atoms with Gasteiger partial charge < -0.3 is 24.8 Å². The predicted octanol–water partition coefficient (Wildman–Crippen LogP) is 4.53. The first-order valence-electron chi connectivity index (χ1n) is 11.7. The van der Waals surface area contributed by atoms with Crippen LogP contribution in [0, 0.1) is 6.92 Å². The van der Waals surface area contributed by atoms with Crippen molar-refractivity contribution >= 4 is 33.9 Å². The molecule has 0 spiro atoms. The normalized spacial score (nSPS) is 13.9. The topological polar surface area (TPSA) is 60.6 Å². The second kappa shape index (κ2) is 10.8. The Labute approximate surface area is 200 Å². The largest absolute Gasteiger partial charge is 0.494 e. The van der Waals surface area contributed by atoms with Crippen LogP contribution in [0.3, 0.4) is 0 Å². The molecule has 6 nitrogen and oxygen atoms in total. The van der Waals surface area contributed by atoms with E-state index in [1.807, 2.05) is 43.3 Å². The molecule has 0 saturated carbocycles. The van der Waals surface area contributed by atoms with Crippen LogP contribution in [0.4, 0.5) is 5.69 Å². The highest BCUT2D eigenvalue weighted by atomic mass is 32.1. The molecule has 2 N–H and O–H groups in total. The number of ether oxygens (including phenoxy) is 1. The van der Waals surface area contributed by atoms with Crippen LogP contribution in [0.25, 0.3) is 10.9 Å². The molecule has 174 valence electrons. The minimum absolute atomic E-state index is 0.0869. The van der Waals surface area contributed by atoms with E-state index in [1.54, 1.807) is 0 Å². The SMILES string of the molecule is CCOc1ccc2[nH]c(=O)c(CN(CCN3CCCC3)C(=S)Nc3cccc(C)c3)cc2c1. The van der Waals surface area contributed by atoms with Gasteiger partial charge in [-0.15, -0.1) is 0 Å². The highest BCUT2D eigenvalue weighted by Gasteiger charge is 2.17. The smallest absolute Gasteiger partial charge is 0.253 e. The predicted molar refractivity (Wildman–Crippen MR) is 139 cm³/mol. The summed E-state index contributed by atoms with van der Waals surface area (Å²) in [6, 6.07) is 15.8. The number of hydrogen-bond donors (Lipinski definition) is 2. The molecule has 1 aliphatic heterocycles. The van der Waals surface area contributed by atoms with Crippen molar-refractivity contribution in [2.75, 3.05) is 38.1 Å². The third-order valence-corrected chi connectivity index (χ3v) is 6.37. The molecule has 2 aromatic carbocycles. The van der Waals surface area contributed by atoms with E-state index in [4.69, 9.17) is 17.0 Å². The van der Waals surface area contributed by atoms with Crippen molar-refractivity contribution < 1.29 is 4.74 Å². The molecule has 0 bridgehead atoms. The van der Waals surface area contributed by atoms with Gasteiger partial charge in [-0.2, -0.15) is 0 Å². The van der Waals surface area contributed by atoms with Crippen molar-refractivity contribution in [1.29, 1.82) is 0 Å². The first-order valence-corrected chi connectivity index (χ1v) is 12.1. The Bertz CT molecular complexity index is 1170.